The molecule has 0 amide bonds. The van der Waals surface area contributed by atoms with Crippen molar-refractivity contribution in [2.75, 3.05) is 0 Å². The van der Waals surface area contributed by atoms with Gasteiger partial charge in [-0.3, -0.25) is 0 Å². The Kier molecular flexibility index (Phi) is 3.75. The maximum Gasteiger partial charge on any atom is 0.343 e. The summed E-state index contributed by atoms with van der Waals surface area (Å²) in [6.45, 7) is 0. The van der Waals surface area contributed by atoms with Crippen molar-refractivity contribution in [3.63, 3.8) is 0 Å². The molecule has 0 heterocycles. The molecule has 0 aromatic heterocycles. The van der Waals surface area contributed by atoms with Crippen molar-refractivity contribution < 1.29 is 14.6 Å². The first-order valence-corrected chi connectivity index (χ1v) is 5.79. The van der Waals surface area contributed by atoms with E-state index in [-0.39, 0.29) is 21.5 Å². The molecule has 0 radical (unpaired) electrons. The molecule has 2 aromatic carbocycles. The highest BCUT2D eigenvalue weighted by atomic mass is 35.5. The number of carbonyl (C=O) groups is 1. The lowest BCUT2D eigenvalue weighted by Crippen LogP contribution is -2.08. The molecular weight excluding hydrogens is 275 g/mol. The first-order chi connectivity index (χ1) is 8.58. The SMILES string of the molecule is O=C(Oc1cc(Cl)c(O)cc1Cl)c1ccccc1. The number of hydrogen-bond acceptors (Lipinski definition) is 3. The summed E-state index contributed by atoms with van der Waals surface area (Å²) in [5, 5.41) is 9.50. The summed E-state index contributed by atoms with van der Waals surface area (Å²) in [4.78, 5) is 11.8. The van der Waals surface area contributed by atoms with Crippen LogP contribution < -0.4 is 4.74 Å². The average Bonchev–Trinajstić information content (AvgIpc) is 2.37. The monoisotopic (exact) mass is 282 g/mol. The lowest BCUT2D eigenvalue weighted by molar-refractivity contribution is 0.0734. The van der Waals surface area contributed by atoms with Crippen LogP contribution in [0.4, 0.5) is 0 Å². The van der Waals surface area contributed by atoms with E-state index >= 15 is 0 Å². The minimum atomic E-state index is -0.542. The highest BCUT2D eigenvalue weighted by Gasteiger charge is 2.13. The highest BCUT2D eigenvalue weighted by molar-refractivity contribution is 6.35. The molecular formula is C13H8Cl2O3. The molecule has 92 valence electrons. The fourth-order valence-corrected chi connectivity index (χ4v) is 1.68. The molecule has 0 saturated carbocycles. The van der Waals surface area contributed by atoms with E-state index in [1.54, 1.807) is 30.3 Å². The van der Waals surface area contributed by atoms with Crippen molar-refractivity contribution in [2.24, 2.45) is 0 Å². The minimum Gasteiger partial charge on any atom is -0.506 e. The Morgan fingerprint density at radius 1 is 1.06 bits per heavy atom. The topological polar surface area (TPSA) is 46.5 Å². The summed E-state index contributed by atoms with van der Waals surface area (Å²) in [6.07, 6.45) is 0. The molecule has 0 aliphatic carbocycles. The molecule has 2 aromatic rings. The average molecular weight is 283 g/mol. The number of rotatable bonds is 2. The predicted molar refractivity (Wildman–Crippen MR) is 69.5 cm³/mol. The van der Waals surface area contributed by atoms with E-state index in [9.17, 15) is 9.90 Å². The van der Waals surface area contributed by atoms with Crippen LogP contribution in [0.5, 0.6) is 11.5 Å². The highest BCUT2D eigenvalue weighted by Crippen LogP contribution is 2.35. The van der Waals surface area contributed by atoms with Crippen molar-refractivity contribution in [1.29, 1.82) is 0 Å². The Hall–Kier alpha value is -1.71. The van der Waals surface area contributed by atoms with Crippen molar-refractivity contribution in [3.8, 4) is 11.5 Å². The number of benzene rings is 2. The second kappa shape index (κ2) is 5.29. The Morgan fingerprint density at radius 3 is 2.39 bits per heavy atom. The zero-order valence-electron chi connectivity index (χ0n) is 9.06. The van der Waals surface area contributed by atoms with Crippen LogP contribution in [0.15, 0.2) is 42.5 Å². The molecule has 0 spiro atoms. The van der Waals surface area contributed by atoms with Gasteiger partial charge in [0.25, 0.3) is 0 Å². The lowest BCUT2D eigenvalue weighted by Gasteiger charge is -2.07. The van der Waals surface area contributed by atoms with Gasteiger partial charge in [-0.15, -0.1) is 0 Å². The van der Waals surface area contributed by atoms with Gasteiger partial charge in [-0.25, -0.2) is 4.79 Å². The number of carbonyl (C=O) groups excluding carboxylic acids is 1. The normalized spacial score (nSPS) is 10.1. The molecule has 0 saturated heterocycles. The van der Waals surface area contributed by atoms with Crippen LogP contribution in [-0.4, -0.2) is 11.1 Å². The summed E-state index contributed by atoms with van der Waals surface area (Å²) in [7, 11) is 0. The Labute approximate surface area is 114 Å². The summed E-state index contributed by atoms with van der Waals surface area (Å²) >= 11 is 11.6. The van der Waals surface area contributed by atoms with E-state index in [2.05, 4.69) is 0 Å². The number of phenols is 1. The molecule has 5 heteroatoms. The number of aromatic hydroxyl groups is 1. The van der Waals surface area contributed by atoms with Crippen LogP contribution in [0.2, 0.25) is 10.0 Å². The summed E-state index contributed by atoms with van der Waals surface area (Å²) in [5.74, 6) is -0.603. The Bertz CT molecular complexity index is 582. The van der Waals surface area contributed by atoms with Crippen molar-refractivity contribution in [2.45, 2.75) is 0 Å². The maximum atomic E-state index is 11.8. The second-order valence-electron chi connectivity index (χ2n) is 3.49. The molecule has 1 N–H and O–H groups in total. The predicted octanol–water partition coefficient (Wildman–Crippen LogP) is 3.92. The summed E-state index contributed by atoms with van der Waals surface area (Å²) in [6, 6.07) is 11.0. The first kappa shape index (κ1) is 12.7. The summed E-state index contributed by atoms with van der Waals surface area (Å²) in [5.41, 5.74) is 0.401. The zero-order chi connectivity index (χ0) is 13.1. The zero-order valence-corrected chi connectivity index (χ0v) is 10.6. The van der Waals surface area contributed by atoms with Crippen LogP contribution >= 0.6 is 23.2 Å². The Morgan fingerprint density at radius 2 is 1.72 bits per heavy atom. The van der Waals surface area contributed by atoms with Crippen molar-refractivity contribution in [3.05, 3.63) is 58.1 Å². The number of halogens is 2. The van der Waals surface area contributed by atoms with E-state index in [0.717, 1.165) is 0 Å². The van der Waals surface area contributed by atoms with Gasteiger partial charge in [0.05, 0.1) is 15.6 Å². The van der Waals surface area contributed by atoms with Crippen molar-refractivity contribution >= 4 is 29.2 Å². The quantitative estimate of drug-likeness (QED) is 0.671. The molecule has 18 heavy (non-hydrogen) atoms. The third-order valence-corrected chi connectivity index (χ3v) is 2.81. The van der Waals surface area contributed by atoms with Crippen LogP contribution in [-0.2, 0) is 0 Å². The van der Waals surface area contributed by atoms with Gasteiger partial charge >= 0.3 is 5.97 Å². The largest absolute Gasteiger partial charge is 0.506 e. The second-order valence-corrected chi connectivity index (χ2v) is 4.30. The van der Waals surface area contributed by atoms with E-state index in [0.29, 0.717) is 5.56 Å². The molecule has 0 atom stereocenters. The molecule has 0 unspecified atom stereocenters. The van der Waals surface area contributed by atoms with Gasteiger partial charge in [-0.1, -0.05) is 41.4 Å². The number of hydrogen-bond donors (Lipinski definition) is 1. The van der Waals surface area contributed by atoms with Gasteiger partial charge in [-0.2, -0.15) is 0 Å². The van der Waals surface area contributed by atoms with Gasteiger partial charge in [0.2, 0.25) is 0 Å². The van der Waals surface area contributed by atoms with E-state index < -0.39 is 5.97 Å². The van der Waals surface area contributed by atoms with Crippen molar-refractivity contribution in [1.82, 2.24) is 0 Å². The Balaban J connectivity index is 2.25. The van der Waals surface area contributed by atoms with Crippen LogP contribution in [0.1, 0.15) is 10.4 Å². The van der Waals surface area contributed by atoms with Crippen LogP contribution in [0.3, 0.4) is 0 Å². The van der Waals surface area contributed by atoms with Gasteiger partial charge in [0.1, 0.15) is 5.75 Å². The third-order valence-electron chi connectivity index (χ3n) is 2.21. The molecule has 0 bridgehead atoms. The lowest BCUT2D eigenvalue weighted by atomic mass is 10.2. The van der Waals surface area contributed by atoms with Gasteiger partial charge in [0, 0.05) is 12.1 Å². The first-order valence-electron chi connectivity index (χ1n) is 5.03. The smallest absolute Gasteiger partial charge is 0.343 e. The van der Waals surface area contributed by atoms with Crippen LogP contribution in [0.25, 0.3) is 0 Å². The van der Waals surface area contributed by atoms with E-state index in [1.807, 2.05) is 0 Å². The number of phenolic OH excluding ortho intramolecular Hbond substituents is 1. The third kappa shape index (κ3) is 2.75. The summed E-state index contributed by atoms with van der Waals surface area (Å²) < 4.78 is 5.10. The molecule has 3 nitrogen and oxygen atoms in total. The van der Waals surface area contributed by atoms with E-state index in [1.165, 1.54) is 12.1 Å². The fourth-order valence-electron chi connectivity index (χ4n) is 1.33. The standard InChI is InChI=1S/C13H8Cl2O3/c14-9-7-12(10(15)6-11(9)16)18-13(17)8-4-2-1-3-5-8/h1-7,16H. The van der Waals surface area contributed by atoms with Crippen LogP contribution in [0, 0.1) is 0 Å². The number of ether oxygens (including phenoxy) is 1. The van der Waals surface area contributed by atoms with Gasteiger partial charge in [0.15, 0.2) is 5.75 Å². The van der Waals surface area contributed by atoms with Gasteiger partial charge in [-0.05, 0) is 12.1 Å². The molecule has 0 fully saturated rings. The van der Waals surface area contributed by atoms with Gasteiger partial charge < -0.3 is 9.84 Å². The van der Waals surface area contributed by atoms with E-state index in [4.69, 9.17) is 27.9 Å². The number of esters is 1. The fraction of sp³-hybridized carbons (Fsp3) is 0. The molecule has 0 aliphatic heterocycles. The minimum absolute atomic E-state index is 0.0651. The maximum absolute atomic E-state index is 11.8. The molecule has 0 aliphatic rings. The molecule has 2 rings (SSSR count).